The highest BCUT2D eigenvalue weighted by Gasteiger charge is 2.29. The summed E-state index contributed by atoms with van der Waals surface area (Å²) in [6.07, 6.45) is 1.66. The first-order chi connectivity index (χ1) is 20.9. The SMILES string of the molecule is COCOc1ccc(C(=O)Nc2ccc(F)cc2C(=O)Nc2ccc(Cl)cn2)c(OC2CCN(C(=O)OC(C)(C)C)CC2)c1. The van der Waals surface area contributed by atoms with Crippen LogP contribution in [0, 0.1) is 5.82 Å². The molecule has 0 spiro atoms. The number of benzene rings is 2. The Labute approximate surface area is 259 Å². The number of pyridine rings is 1. The van der Waals surface area contributed by atoms with Gasteiger partial charge in [0.05, 0.1) is 21.8 Å². The lowest BCUT2D eigenvalue weighted by atomic mass is 10.1. The van der Waals surface area contributed by atoms with Crippen molar-refractivity contribution in [2.24, 2.45) is 0 Å². The number of aromatic nitrogens is 1. The Morgan fingerprint density at radius 1 is 1.00 bits per heavy atom. The van der Waals surface area contributed by atoms with Gasteiger partial charge in [-0.25, -0.2) is 14.2 Å². The molecule has 1 aromatic heterocycles. The summed E-state index contributed by atoms with van der Waals surface area (Å²) >= 11 is 5.86. The number of halogens is 2. The molecule has 1 fully saturated rings. The summed E-state index contributed by atoms with van der Waals surface area (Å²) in [5.41, 5.74) is -0.502. The van der Waals surface area contributed by atoms with Gasteiger partial charge in [-0.3, -0.25) is 9.59 Å². The highest BCUT2D eigenvalue weighted by Crippen LogP contribution is 2.30. The lowest BCUT2D eigenvalue weighted by Crippen LogP contribution is -2.44. The van der Waals surface area contributed by atoms with Crippen molar-refractivity contribution in [3.63, 3.8) is 0 Å². The van der Waals surface area contributed by atoms with Gasteiger partial charge in [-0.05, 0) is 63.2 Å². The molecule has 234 valence electrons. The lowest BCUT2D eigenvalue weighted by molar-refractivity contribution is 0.0126. The van der Waals surface area contributed by atoms with Gasteiger partial charge in [-0.15, -0.1) is 0 Å². The molecular weight excluding hydrogens is 595 g/mol. The van der Waals surface area contributed by atoms with Crippen molar-refractivity contribution in [1.82, 2.24) is 9.88 Å². The Kier molecular flexibility index (Phi) is 10.6. The highest BCUT2D eigenvalue weighted by molar-refractivity contribution is 6.30. The predicted molar refractivity (Wildman–Crippen MR) is 162 cm³/mol. The number of anilines is 2. The molecule has 11 nitrogen and oxygen atoms in total. The number of rotatable bonds is 9. The van der Waals surface area contributed by atoms with E-state index in [2.05, 4.69) is 15.6 Å². The Hall–Kier alpha value is -4.42. The van der Waals surface area contributed by atoms with E-state index < -0.39 is 29.3 Å². The maximum atomic E-state index is 14.2. The van der Waals surface area contributed by atoms with Gasteiger partial charge in [0.25, 0.3) is 11.8 Å². The Morgan fingerprint density at radius 3 is 2.39 bits per heavy atom. The monoisotopic (exact) mass is 628 g/mol. The Bertz CT molecular complexity index is 1490. The van der Waals surface area contributed by atoms with Gasteiger partial charge in [-0.1, -0.05) is 11.6 Å². The van der Waals surface area contributed by atoms with Gasteiger partial charge >= 0.3 is 6.09 Å². The lowest BCUT2D eigenvalue weighted by Gasteiger charge is -2.33. The number of likely N-dealkylation sites (tertiary alicyclic amines) is 1. The molecule has 4 rings (SSSR count). The number of hydrogen-bond donors (Lipinski definition) is 2. The van der Waals surface area contributed by atoms with Crippen LogP contribution >= 0.6 is 11.6 Å². The van der Waals surface area contributed by atoms with Gasteiger partial charge in [0.1, 0.15) is 34.8 Å². The number of carbonyl (C=O) groups excluding carboxylic acids is 3. The number of amides is 3. The summed E-state index contributed by atoms with van der Waals surface area (Å²) in [6.45, 7) is 6.24. The molecule has 0 radical (unpaired) electrons. The summed E-state index contributed by atoms with van der Waals surface area (Å²) in [4.78, 5) is 44.7. The molecule has 1 aliphatic heterocycles. The molecule has 1 saturated heterocycles. The molecule has 44 heavy (non-hydrogen) atoms. The molecule has 0 bridgehead atoms. The third-order valence-corrected chi connectivity index (χ3v) is 6.60. The number of methoxy groups -OCH3 is 1. The molecule has 3 amide bonds. The number of piperidine rings is 1. The number of nitrogens with zero attached hydrogens (tertiary/aromatic N) is 2. The fourth-order valence-corrected chi connectivity index (χ4v) is 4.41. The van der Waals surface area contributed by atoms with Crippen LogP contribution in [0.15, 0.2) is 54.7 Å². The van der Waals surface area contributed by atoms with Crippen molar-refractivity contribution >= 4 is 41.0 Å². The van der Waals surface area contributed by atoms with Crippen LogP contribution in [0.3, 0.4) is 0 Å². The second kappa shape index (κ2) is 14.4. The van der Waals surface area contributed by atoms with Gasteiger partial charge in [0.2, 0.25) is 0 Å². The van der Waals surface area contributed by atoms with Crippen LogP contribution in [-0.4, -0.2) is 66.5 Å². The van der Waals surface area contributed by atoms with Gasteiger partial charge < -0.3 is 34.5 Å². The highest BCUT2D eigenvalue weighted by atomic mass is 35.5. The van der Waals surface area contributed by atoms with E-state index in [0.717, 1.165) is 12.1 Å². The van der Waals surface area contributed by atoms with Crippen molar-refractivity contribution in [3.05, 3.63) is 76.7 Å². The minimum atomic E-state index is -0.689. The van der Waals surface area contributed by atoms with Crippen molar-refractivity contribution in [1.29, 1.82) is 0 Å². The zero-order chi connectivity index (χ0) is 31.9. The van der Waals surface area contributed by atoms with Crippen LogP contribution in [0.4, 0.5) is 20.7 Å². The van der Waals surface area contributed by atoms with Gasteiger partial charge in [0.15, 0.2) is 6.79 Å². The van der Waals surface area contributed by atoms with E-state index in [1.54, 1.807) is 23.1 Å². The largest absolute Gasteiger partial charge is 0.489 e. The quantitative estimate of drug-likeness (QED) is 0.271. The van der Waals surface area contributed by atoms with Crippen molar-refractivity contribution in [3.8, 4) is 11.5 Å². The predicted octanol–water partition coefficient (Wildman–Crippen LogP) is 6.14. The second-order valence-electron chi connectivity index (χ2n) is 11.0. The van der Waals surface area contributed by atoms with Crippen LogP contribution in [0.25, 0.3) is 0 Å². The molecule has 2 heterocycles. The first-order valence-corrected chi connectivity index (χ1v) is 14.2. The van der Waals surface area contributed by atoms with E-state index in [4.69, 9.17) is 30.5 Å². The minimum Gasteiger partial charge on any atom is -0.489 e. The van der Waals surface area contributed by atoms with Gasteiger partial charge in [-0.2, -0.15) is 0 Å². The zero-order valence-electron chi connectivity index (χ0n) is 24.8. The minimum absolute atomic E-state index is 0.0181. The molecule has 1 aliphatic rings. The van der Waals surface area contributed by atoms with E-state index in [-0.39, 0.29) is 41.3 Å². The summed E-state index contributed by atoms with van der Waals surface area (Å²) in [5.74, 6) is -1.13. The van der Waals surface area contributed by atoms with Crippen molar-refractivity contribution < 1.29 is 37.7 Å². The third kappa shape index (κ3) is 9.04. The van der Waals surface area contributed by atoms with E-state index in [1.165, 1.54) is 31.5 Å². The molecule has 2 aromatic carbocycles. The summed E-state index contributed by atoms with van der Waals surface area (Å²) in [6, 6.07) is 11.1. The van der Waals surface area contributed by atoms with Crippen LogP contribution in [0.1, 0.15) is 54.3 Å². The van der Waals surface area contributed by atoms with Crippen molar-refractivity contribution in [2.45, 2.75) is 45.3 Å². The maximum Gasteiger partial charge on any atom is 0.410 e. The fraction of sp³-hybridized carbons (Fsp3) is 0.355. The standard InChI is InChI=1S/C31H34ClFN4O7/c1-31(2,3)44-30(40)37-13-11-21(12-14-37)43-26-16-22(42-18-41-4)7-8-23(26)28(38)35-25-9-6-20(33)15-24(25)29(39)36-27-10-5-19(32)17-34-27/h5-10,15-17,21H,11-14,18H2,1-4H3,(H,35,38)(H,34,36,39). The molecule has 0 atom stereocenters. The second-order valence-corrected chi connectivity index (χ2v) is 11.4. The summed E-state index contributed by atoms with van der Waals surface area (Å²) < 4.78 is 36.4. The van der Waals surface area contributed by atoms with Crippen LogP contribution in [0.5, 0.6) is 11.5 Å². The van der Waals surface area contributed by atoms with E-state index in [1.807, 2.05) is 20.8 Å². The van der Waals surface area contributed by atoms with Crippen molar-refractivity contribution in [2.75, 3.05) is 37.6 Å². The summed E-state index contributed by atoms with van der Waals surface area (Å²) in [7, 11) is 1.48. The Morgan fingerprint density at radius 2 is 1.73 bits per heavy atom. The van der Waals surface area contributed by atoms with E-state index >= 15 is 0 Å². The molecule has 3 aromatic rings. The smallest absolute Gasteiger partial charge is 0.410 e. The molecular formula is C31H34ClFN4O7. The molecule has 0 saturated carbocycles. The summed E-state index contributed by atoms with van der Waals surface area (Å²) in [5, 5.41) is 5.64. The molecule has 2 N–H and O–H groups in total. The van der Waals surface area contributed by atoms with Crippen LogP contribution in [-0.2, 0) is 9.47 Å². The first-order valence-electron chi connectivity index (χ1n) is 13.9. The molecule has 0 aliphatic carbocycles. The van der Waals surface area contributed by atoms with E-state index in [9.17, 15) is 18.8 Å². The number of ether oxygens (including phenoxy) is 4. The molecule has 0 unspecified atom stereocenters. The average Bonchev–Trinajstić information content (AvgIpc) is 2.97. The van der Waals surface area contributed by atoms with Gasteiger partial charge in [0, 0.05) is 45.3 Å². The fourth-order valence-electron chi connectivity index (χ4n) is 4.30. The number of hydrogen-bond acceptors (Lipinski definition) is 8. The topological polar surface area (TPSA) is 128 Å². The number of carbonyl (C=O) groups is 3. The number of nitrogens with one attached hydrogen (secondary N) is 2. The Balaban J connectivity index is 1.52. The maximum absolute atomic E-state index is 14.2. The van der Waals surface area contributed by atoms with Crippen LogP contribution in [0.2, 0.25) is 5.02 Å². The third-order valence-electron chi connectivity index (χ3n) is 6.37. The zero-order valence-corrected chi connectivity index (χ0v) is 25.6. The normalized spacial score (nSPS) is 13.6. The first kappa shape index (κ1) is 32.5. The molecule has 13 heteroatoms. The van der Waals surface area contributed by atoms with Crippen LogP contribution < -0.4 is 20.1 Å². The average molecular weight is 629 g/mol. The van der Waals surface area contributed by atoms with E-state index in [0.29, 0.717) is 36.7 Å².